The number of nitrogens with zero attached hydrogens (tertiary/aromatic N) is 1. The Balaban J connectivity index is 0.000000215. The number of fused-ring (bicyclic) bond motifs is 1. The second-order valence-electron chi connectivity index (χ2n) is 7.36. The molecular formula is C22H35NO6. The predicted octanol–water partition coefficient (Wildman–Crippen LogP) is 3.42. The van der Waals surface area contributed by atoms with Crippen LogP contribution in [0.5, 0.6) is 11.5 Å². The van der Waals surface area contributed by atoms with Gasteiger partial charge in [0, 0.05) is 18.9 Å². The Hall–Kier alpha value is -1.83. The van der Waals surface area contributed by atoms with Gasteiger partial charge < -0.3 is 29.0 Å². The van der Waals surface area contributed by atoms with E-state index in [-0.39, 0.29) is 6.61 Å². The molecule has 1 aromatic carbocycles. The molecule has 7 nitrogen and oxygen atoms in total. The second-order valence-corrected chi connectivity index (χ2v) is 7.36. The molecule has 4 atom stereocenters. The van der Waals surface area contributed by atoms with Crippen molar-refractivity contribution in [3.63, 3.8) is 0 Å². The molecule has 1 aliphatic carbocycles. The van der Waals surface area contributed by atoms with Gasteiger partial charge in [-0.25, -0.2) is 4.79 Å². The maximum atomic E-state index is 10.9. The molecule has 0 bridgehead atoms. The molecular weight excluding hydrogens is 374 g/mol. The van der Waals surface area contributed by atoms with Gasteiger partial charge in [0.05, 0.1) is 20.8 Å². The smallest absolute Gasteiger partial charge is 0.335 e. The van der Waals surface area contributed by atoms with Crippen molar-refractivity contribution in [1.29, 1.82) is 0 Å². The van der Waals surface area contributed by atoms with E-state index in [9.17, 15) is 4.79 Å². The standard InChI is InChI=1S/C12H19NO4.C8H10O2.C2H6/c1-13-5-3-8-2-4-12(6-9(8)13)16-7-10(17-12)11(14)15;1-9-7-5-3-4-6-8(7)10-2;1-2/h8-10H,2-7H2,1H3,(H,14,15);3-6H,1-2H3;1-2H3/t8-,9-,10?,12?;;/m0../s1. The highest BCUT2D eigenvalue weighted by Crippen LogP contribution is 2.45. The lowest BCUT2D eigenvalue weighted by Crippen LogP contribution is -2.46. The minimum absolute atomic E-state index is 0.191. The average Bonchev–Trinajstić information content (AvgIpc) is 3.34. The van der Waals surface area contributed by atoms with E-state index in [1.807, 2.05) is 38.1 Å². The summed E-state index contributed by atoms with van der Waals surface area (Å²) in [6.07, 6.45) is 3.21. The summed E-state index contributed by atoms with van der Waals surface area (Å²) in [5.74, 6) is 0.739. The van der Waals surface area contributed by atoms with Crippen molar-refractivity contribution in [2.24, 2.45) is 5.92 Å². The van der Waals surface area contributed by atoms with Crippen molar-refractivity contribution < 1.29 is 28.8 Å². The van der Waals surface area contributed by atoms with Crippen LogP contribution in [-0.4, -0.2) is 68.3 Å². The maximum absolute atomic E-state index is 10.9. The minimum Gasteiger partial charge on any atom is -0.493 e. The third kappa shape index (κ3) is 5.62. The summed E-state index contributed by atoms with van der Waals surface area (Å²) < 4.78 is 21.4. The van der Waals surface area contributed by atoms with Crippen molar-refractivity contribution in [1.82, 2.24) is 4.90 Å². The van der Waals surface area contributed by atoms with Crippen LogP contribution in [0.1, 0.15) is 39.5 Å². The Kier molecular flexibility index (Phi) is 8.74. The molecule has 2 unspecified atom stereocenters. The lowest BCUT2D eigenvalue weighted by atomic mass is 9.81. The molecule has 1 spiro atoms. The van der Waals surface area contributed by atoms with Crippen LogP contribution in [0.15, 0.2) is 24.3 Å². The topological polar surface area (TPSA) is 77.5 Å². The number of ether oxygens (including phenoxy) is 4. The van der Waals surface area contributed by atoms with E-state index in [4.69, 9.17) is 24.1 Å². The fraction of sp³-hybridized carbons (Fsp3) is 0.682. The van der Waals surface area contributed by atoms with Crippen LogP contribution in [0.4, 0.5) is 0 Å². The van der Waals surface area contributed by atoms with Gasteiger partial charge in [-0.15, -0.1) is 0 Å². The summed E-state index contributed by atoms with van der Waals surface area (Å²) in [6, 6.07) is 8.02. The Bertz CT molecular complexity index is 631. The first kappa shape index (κ1) is 23.4. The Morgan fingerprint density at radius 1 is 1.17 bits per heavy atom. The Labute approximate surface area is 173 Å². The van der Waals surface area contributed by atoms with Crippen molar-refractivity contribution in [3.8, 4) is 11.5 Å². The molecule has 4 rings (SSSR count). The van der Waals surface area contributed by atoms with Crippen LogP contribution in [0.2, 0.25) is 0 Å². The monoisotopic (exact) mass is 409 g/mol. The summed E-state index contributed by atoms with van der Waals surface area (Å²) in [5, 5.41) is 8.95. The number of rotatable bonds is 3. The number of likely N-dealkylation sites (tertiary alicyclic amines) is 1. The van der Waals surface area contributed by atoms with Gasteiger partial charge in [-0.2, -0.15) is 0 Å². The zero-order valence-electron chi connectivity index (χ0n) is 18.2. The first-order valence-electron chi connectivity index (χ1n) is 10.4. The van der Waals surface area contributed by atoms with E-state index in [1.54, 1.807) is 14.2 Å². The molecule has 1 saturated carbocycles. The SMILES string of the molecule is CC.CN1CC[C@@H]2CCC3(C[C@@H]21)OCC(C(=O)O)O3.COc1ccccc1OC. The zero-order valence-corrected chi connectivity index (χ0v) is 18.2. The molecule has 2 aliphatic heterocycles. The normalized spacial score (nSPS) is 30.4. The van der Waals surface area contributed by atoms with Gasteiger partial charge in [0.25, 0.3) is 0 Å². The lowest BCUT2D eigenvalue weighted by Gasteiger charge is -2.40. The molecule has 1 aromatic rings. The summed E-state index contributed by atoms with van der Waals surface area (Å²) in [6.45, 7) is 5.32. The number of methoxy groups -OCH3 is 2. The van der Waals surface area contributed by atoms with Gasteiger partial charge in [-0.3, -0.25) is 0 Å². The summed E-state index contributed by atoms with van der Waals surface area (Å²) in [4.78, 5) is 13.3. The summed E-state index contributed by atoms with van der Waals surface area (Å²) in [5.41, 5.74) is 0. The highest BCUT2D eigenvalue weighted by Gasteiger charge is 2.51. The number of hydrogen-bond acceptors (Lipinski definition) is 6. The number of carboxylic acids is 1. The molecule has 2 heterocycles. The largest absolute Gasteiger partial charge is 0.493 e. The van der Waals surface area contributed by atoms with Crippen LogP contribution in [0, 0.1) is 5.92 Å². The van der Waals surface area contributed by atoms with E-state index in [1.165, 1.54) is 6.42 Å². The molecule has 0 amide bonds. The first-order chi connectivity index (χ1) is 14.0. The molecule has 7 heteroatoms. The van der Waals surface area contributed by atoms with E-state index < -0.39 is 17.9 Å². The van der Waals surface area contributed by atoms with Gasteiger partial charge >= 0.3 is 5.97 Å². The number of para-hydroxylation sites is 2. The quantitative estimate of drug-likeness (QED) is 0.820. The fourth-order valence-electron chi connectivity index (χ4n) is 4.27. The van der Waals surface area contributed by atoms with Crippen LogP contribution >= 0.6 is 0 Å². The Morgan fingerprint density at radius 2 is 1.79 bits per heavy atom. The van der Waals surface area contributed by atoms with E-state index >= 15 is 0 Å². The van der Waals surface area contributed by atoms with E-state index in [2.05, 4.69) is 11.9 Å². The molecule has 29 heavy (non-hydrogen) atoms. The molecule has 3 fully saturated rings. The summed E-state index contributed by atoms with van der Waals surface area (Å²) in [7, 11) is 5.38. The van der Waals surface area contributed by atoms with Crippen LogP contribution in [-0.2, 0) is 14.3 Å². The highest BCUT2D eigenvalue weighted by atomic mass is 16.8. The van der Waals surface area contributed by atoms with Gasteiger partial charge in [-0.1, -0.05) is 26.0 Å². The number of carbonyl (C=O) groups is 1. The van der Waals surface area contributed by atoms with E-state index in [0.717, 1.165) is 43.2 Å². The van der Waals surface area contributed by atoms with Crippen LogP contribution in [0.25, 0.3) is 0 Å². The molecule has 164 valence electrons. The van der Waals surface area contributed by atoms with Gasteiger partial charge in [-0.05, 0) is 44.5 Å². The molecule has 3 aliphatic rings. The van der Waals surface area contributed by atoms with Crippen molar-refractivity contribution in [3.05, 3.63) is 24.3 Å². The van der Waals surface area contributed by atoms with Gasteiger partial charge in [0.1, 0.15) is 0 Å². The van der Waals surface area contributed by atoms with Crippen molar-refractivity contribution in [2.75, 3.05) is 34.4 Å². The fourth-order valence-corrected chi connectivity index (χ4v) is 4.27. The Morgan fingerprint density at radius 3 is 2.31 bits per heavy atom. The average molecular weight is 410 g/mol. The number of carboxylic acid groups (broad SMARTS) is 1. The first-order valence-corrected chi connectivity index (χ1v) is 10.4. The zero-order chi connectivity index (χ0) is 21.4. The van der Waals surface area contributed by atoms with Crippen LogP contribution < -0.4 is 9.47 Å². The summed E-state index contributed by atoms with van der Waals surface area (Å²) >= 11 is 0. The number of aliphatic carboxylic acids is 1. The lowest BCUT2D eigenvalue weighted by molar-refractivity contribution is -0.205. The molecule has 0 aromatic heterocycles. The van der Waals surface area contributed by atoms with Crippen molar-refractivity contribution in [2.45, 2.75) is 57.5 Å². The van der Waals surface area contributed by atoms with E-state index in [0.29, 0.717) is 6.04 Å². The highest BCUT2D eigenvalue weighted by molar-refractivity contribution is 5.72. The van der Waals surface area contributed by atoms with Gasteiger partial charge in [0.2, 0.25) is 0 Å². The molecule has 0 radical (unpaired) electrons. The number of benzene rings is 1. The maximum Gasteiger partial charge on any atom is 0.335 e. The minimum atomic E-state index is -0.913. The molecule has 2 saturated heterocycles. The van der Waals surface area contributed by atoms with Crippen LogP contribution in [0.3, 0.4) is 0 Å². The third-order valence-corrected chi connectivity index (χ3v) is 5.80. The van der Waals surface area contributed by atoms with Crippen molar-refractivity contribution >= 4 is 5.97 Å². The predicted molar refractivity (Wildman–Crippen MR) is 110 cm³/mol. The number of hydrogen-bond donors (Lipinski definition) is 1. The third-order valence-electron chi connectivity index (χ3n) is 5.80. The second kappa shape index (κ2) is 10.8. The molecule has 1 N–H and O–H groups in total. The van der Waals surface area contributed by atoms with Gasteiger partial charge in [0.15, 0.2) is 23.4 Å².